The molecule has 2 N–H and O–H groups in total. The molecule has 10 heteroatoms. The van der Waals surface area contributed by atoms with Crippen molar-refractivity contribution in [2.24, 2.45) is 0 Å². The van der Waals surface area contributed by atoms with E-state index >= 15 is 0 Å². The van der Waals surface area contributed by atoms with Crippen LogP contribution in [-0.4, -0.2) is 50.3 Å². The zero-order valence-corrected chi connectivity index (χ0v) is 20.5. The van der Waals surface area contributed by atoms with Crippen LogP contribution in [0.25, 0.3) is 0 Å². The Hall–Kier alpha value is -3.40. The average molecular weight is 499 g/mol. The number of carbonyl (C=O) groups excluding carboxylic acids is 3. The number of sulfonamides is 1. The highest BCUT2D eigenvalue weighted by atomic mass is 32.2. The van der Waals surface area contributed by atoms with Crippen molar-refractivity contribution in [2.45, 2.75) is 55.4 Å². The molecule has 2 aromatic carbocycles. The van der Waals surface area contributed by atoms with Crippen LogP contribution in [0.4, 0.5) is 16.2 Å². The number of nitrogens with zero attached hydrogens (tertiary/aromatic N) is 2. The monoisotopic (exact) mass is 498 g/mol. The van der Waals surface area contributed by atoms with Crippen LogP contribution in [0.2, 0.25) is 0 Å². The normalized spacial score (nSPS) is 18.0. The lowest BCUT2D eigenvalue weighted by Crippen LogP contribution is -2.47. The second-order valence-electron chi connectivity index (χ2n) is 9.06. The van der Waals surface area contributed by atoms with Gasteiger partial charge in [0.05, 0.1) is 10.6 Å². The molecule has 186 valence electrons. The lowest BCUT2D eigenvalue weighted by atomic mass is 9.84. The first-order valence-corrected chi connectivity index (χ1v) is 13.2. The molecular weight excluding hydrogens is 468 g/mol. The van der Waals surface area contributed by atoms with E-state index in [1.165, 1.54) is 25.2 Å². The number of rotatable bonds is 6. The predicted octanol–water partition coefficient (Wildman–Crippen LogP) is 3.49. The van der Waals surface area contributed by atoms with Crippen molar-refractivity contribution in [1.82, 2.24) is 10.2 Å². The third kappa shape index (κ3) is 5.17. The number of para-hydroxylation sites is 1. The number of imide groups is 1. The van der Waals surface area contributed by atoms with E-state index < -0.39 is 34.0 Å². The Labute approximate surface area is 205 Å². The van der Waals surface area contributed by atoms with Gasteiger partial charge in [0.1, 0.15) is 12.1 Å². The van der Waals surface area contributed by atoms with E-state index in [4.69, 9.17) is 0 Å². The van der Waals surface area contributed by atoms with Crippen LogP contribution in [0, 0.1) is 0 Å². The molecule has 0 aromatic heterocycles. The van der Waals surface area contributed by atoms with Crippen LogP contribution in [-0.2, 0) is 19.6 Å². The fourth-order valence-corrected chi connectivity index (χ4v) is 5.92. The molecule has 0 atom stereocenters. The van der Waals surface area contributed by atoms with Crippen molar-refractivity contribution in [1.29, 1.82) is 0 Å². The molecular formula is C25H30N4O5S. The van der Waals surface area contributed by atoms with Gasteiger partial charge in [0.2, 0.25) is 5.91 Å². The molecule has 35 heavy (non-hydrogen) atoms. The molecule has 4 amide bonds. The van der Waals surface area contributed by atoms with E-state index in [9.17, 15) is 22.8 Å². The van der Waals surface area contributed by atoms with Gasteiger partial charge in [-0.05, 0) is 43.2 Å². The minimum Gasteiger partial charge on any atom is -0.324 e. The second kappa shape index (κ2) is 10.1. The zero-order chi connectivity index (χ0) is 25.1. The Morgan fingerprint density at radius 2 is 1.66 bits per heavy atom. The van der Waals surface area contributed by atoms with Gasteiger partial charge in [-0.25, -0.2) is 13.2 Å². The quantitative estimate of drug-likeness (QED) is 0.592. The number of amides is 4. The Kier molecular flexibility index (Phi) is 7.11. The SMILES string of the molecule is CN(c1ccccc1)S(=O)(=O)c1cccc(NC(=O)CN2C(=O)NC3(CCCCCCC3)C2=O)c1. The average Bonchev–Trinajstić information content (AvgIpc) is 3.06. The number of hydrogen-bond donors (Lipinski definition) is 2. The van der Waals surface area contributed by atoms with Gasteiger partial charge in [0, 0.05) is 12.7 Å². The molecule has 9 nitrogen and oxygen atoms in total. The van der Waals surface area contributed by atoms with E-state index in [0.29, 0.717) is 18.5 Å². The lowest BCUT2D eigenvalue weighted by molar-refractivity contribution is -0.134. The van der Waals surface area contributed by atoms with Crippen molar-refractivity contribution < 1.29 is 22.8 Å². The van der Waals surface area contributed by atoms with Gasteiger partial charge < -0.3 is 10.6 Å². The largest absolute Gasteiger partial charge is 0.325 e. The van der Waals surface area contributed by atoms with Crippen LogP contribution >= 0.6 is 0 Å². The summed E-state index contributed by atoms with van der Waals surface area (Å²) in [4.78, 5) is 39.4. The van der Waals surface area contributed by atoms with Crippen LogP contribution < -0.4 is 14.9 Å². The van der Waals surface area contributed by atoms with E-state index in [-0.39, 0.29) is 16.5 Å². The Morgan fingerprint density at radius 3 is 2.34 bits per heavy atom. The van der Waals surface area contributed by atoms with Gasteiger partial charge in [-0.15, -0.1) is 0 Å². The number of anilines is 2. The van der Waals surface area contributed by atoms with E-state index in [2.05, 4.69) is 10.6 Å². The fourth-order valence-electron chi connectivity index (χ4n) is 4.68. The molecule has 1 saturated carbocycles. The molecule has 0 radical (unpaired) electrons. The number of benzene rings is 2. The van der Waals surface area contributed by atoms with Gasteiger partial charge in [-0.2, -0.15) is 0 Å². The number of carbonyl (C=O) groups is 3. The van der Waals surface area contributed by atoms with Crippen molar-refractivity contribution >= 4 is 39.2 Å². The maximum absolute atomic E-state index is 13.1. The number of hydrogen-bond acceptors (Lipinski definition) is 5. The zero-order valence-electron chi connectivity index (χ0n) is 19.7. The summed E-state index contributed by atoms with van der Waals surface area (Å²) >= 11 is 0. The third-order valence-electron chi connectivity index (χ3n) is 6.65. The van der Waals surface area contributed by atoms with Gasteiger partial charge >= 0.3 is 6.03 Å². The maximum Gasteiger partial charge on any atom is 0.325 e. The van der Waals surface area contributed by atoms with Crippen LogP contribution in [0.5, 0.6) is 0 Å². The number of nitrogens with one attached hydrogen (secondary N) is 2. The lowest BCUT2D eigenvalue weighted by Gasteiger charge is -2.28. The summed E-state index contributed by atoms with van der Waals surface area (Å²) < 4.78 is 27.3. The molecule has 0 unspecified atom stereocenters. The van der Waals surface area contributed by atoms with Gasteiger partial charge in [0.15, 0.2) is 0 Å². The first-order valence-electron chi connectivity index (χ1n) is 11.8. The molecule has 0 bridgehead atoms. The highest BCUT2D eigenvalue weighted by molar-refractivity contribution is 7.92. The standard InChI is InChI=1S/C25H30N4O5S/c1-28(20-12-6-5-7-13-20)35(33,34)21-14-10-11-19(17-21)26-22(30)18-29-23(31)25(27-24(29)32)15-8-3-2-4-9-16-25/h5-7,10-14,17H,2-4,8-9,15-16,18H2,1H3,(H,26,30)(H,27,32). The number of urea groups is 1. The van der Waals surface area contributed by atoms with Crippen molar-refractivity contribution in [3.8, 4) is 0 Å². The van der Waals surface area contributed by atoms with E-state index in [1.54, 1.807) is 36.4 Å². The van der Waals surface area contributed by atoms with Crippen LogP contribution in [0.3, 0.4) is 0 Å². The first-order chi connectivity index (χ1) is 16.7. The molecule has 1 aliphatic carbocycles. The van der Waals surface area contributed by atoms with Crippen molar-refractivity contribution in [3.05, 3.63) is 54.6 Å². The first kappa shape index (κ1) is 24.7. The molecule has 2 fully saturated rings. The summed E-state index contributed by atoms with van der Waals surface area (Å²) in [6.45, 7) is -0.437. The summed E-state index contributed by atoms with van der Waals surface area (Å²) in [5.74, 6) is -0.942. The van der Waals surface area contributed by atoms with Gasteiger partial charge in [0.25, 0.3) is 15.9 Å². The smallest absolute Gasteiger partial charge is 0.324 e. The summed E-state index contributed by atoms with van der Waals surface area (Å²) in [5, 5.41) is 5.45. The minimum atomic E-state index is -3.86. The summed E-state index contributed by atoms with van der Waals surface area (Å²) in [6, 6.07) is 14.0. The fraction of sp³-hybridized carbons (Fsp3) is 0.400. The van der Waals surface area contributed by atoms with E-state index in [1.807, 2.05) is 0 Å². The molecule has 1 spiro atoms. The molecule has 1 saturated heterocycles. The van der Waals surface area contributed by atoms with Crippen LogP contribution in [0.1, 0.15) is 44.9 Å². The minimum absolute atomic E-state index is 0.00474. The highest BCUT2D eigenvalue weighted by Gasteiger charge is 2.50. The van der Waals surface area contributed by atoms with Crippen molar-refractivity contribution in [3.63, 3.8) is 0 Å². The topological polar surface area (TPSA) is 116 Å². The Bertz CT molecular complexity index is 1210. The molecule has 1 aliphatic heterocycles. The summed E-state index contributed by atoms with van der Waals surface area (Å²) in [7, 11) is -2.40. The highest BCUT2D eigenvalue weighted by Crippen LogP contribution is 2.32. The molecule has 1 heterocycles. The second-order valence-corrected chi connectivity index (χ2v) is 11.0. The molecule has 4 rings (SSSR count). The Morgan fingerprint density at radius 1 is 1.00 bits per heavy atom. The van der Waals surface area contributed by atoms with Gasteiger partial charge in [-0.1, -0.05) is 56.4 Å². The van der Waals surface area contributed by atoms with Crippen molar-refractivity contribution in [2.75, 3.05) is 23.2 Å². The van der Waals surface area contributed by atoms with Gasteiger partial charge in [-0.3, -0.25) is 18.8 Å². The van der Waals surface area contributed by atoms with Crippen LogP contribution in [0.15, 0.2) is 59.5 Å². The summed E-state index contributed by atoms with van der Waals surface area (Å²) in [5.41, 5.74) is -0.165. The maximum atomic E-state index is 13.1. The molecule has 2 aromatic rings. The van der Waals surface area contributed by atoms with E-state index in [0.717, 1.165) is 41.3 Å². The predicted molar refractivity (Wildman–Crippen MR) is 132 cm³/mol. The Balaban J connectivity index is 1.45. The summed E-state index contributed by atoms with van der Waals surface area (Å²) in [6.07, 6.45) is 6.01. The molecule has 2 aliphatic rings. The third-order valence-corrected chi connectivity index (χ3v) is 8.43.